The molecule has 0 radical (unpaired) electrons. The molecular formula is C22H14O4S2. The first-order valence-electron chi connectivity index (χ1n) is 8.41. The molecule has 0 fully saturated rings. The Balaban J connectivity index is 1.84. The van der Waals surface area contributed by atoms with Crippen molar-refractivity contribution >= 4 is 55.1 Å². The maximum Gasteiger partial charge on any atom is 0.336 e. The van der Waals surface area contributed by atoms with Crippen LogP contribution < -0.4 is 0 Å². The lowest BCUT2D eigenvalue weighted by molar-refractivity contribution is 0.0682. The summed E-state index contributed by atoms with van der Waals surface area (Å²) in [7, 11) is 2.55. The monoisotopic (exact) mass is 406 g/mol. The molecule has 0 aliphatic rings. The molecule has 4 rings (SSSR count). The zero-order chi connectivity index (χ0) is 19.7. The summed E-state index contributed by atoms with van der Waals surface area (Å²) < 4.78 is 0. The van der Waals surface area contributed by atoms with E-state index in [-0.39, 0.29) is 11.1 Å². The topological polar surface area (TPSA) is 74.6 Å². The van der Waals surface area contributed by atoms with Gasteiger partial charge in [-0.05, 0) is 33.7 Å². The summed E-state index contributed by atoms with van der Waals surface area (Å²) in [4.78, 5) is 24.7. The van der Waals surface area contributed by atoms with Crippen LogP contribution in [0, 0.1) is 0 Å². The minimum Gasteiger partial charge on any atom is -0.478 e. The fourth-order valence-corrected chi connectivity index (χ4v) is 5.87. The predicted molar refractivity (Wildman–Crippen MR) is 114 cm³/mol. The smallest absolute Gasteiger partial charge is 0.336 e. The van der Waals surface area contributed by atoms with Crippen LogP contribution in [0.4, 0.5) is 0 Å². The number of carboxylic acids is 2. The van der Waals surface area contributed by atoms with Gasteiger partial charge in [-0.3, -0.25) is 0 Å². The first-order valence-corrected chi connectivity index (χ1v) is 10.6. The van der Waals surface area contributed by atoms with Crippen LogP contribution in [-0.4, -0.2) is 22.2 Å². The van der Waals surface area contributed by atoms with Crippen molar-refractivity contribution in [2.75, 3.05) is 0 Å². The Labute approximate surface area is 168 Å². The van der Waals surface area contributed by atoms with Gasteiger partial charge in [-0.2, -0.15) is 0 Å². The van der Waals surface area contributed by atoms with Crippen molar-refractivity contribution in [1.82, 2.24) is 0 Å². The molecule has 0 aromatic heterocycles. The molecule has 0 heterocycles. The number of carbonyl (C=O) groups is 2. The van der Waals surface area contributed by atoms with Gasteiger partial charge in [0.05, 0.1) is 11.1 Å². The summed E-state index contributed by atoms with van der Waals surface area (Å²) in [5, 5.41) is 22.8. The van der Waals surface area contributed by atoms with Gasteiger partial charge in [-0.1, -0.05) is 82.3 Å². The lowest BCUT2D eigenvalue weighted by atomic mass is 10.1. The molecule has 4 aromatic rings. The first-order chi connectivity index (χ1) is 13.6. The van der Waals surface area contributed by atoms with Gasteiger partial charge in [-0.25, -0.2) is 9.59 Å². The van der Waals surface area contributed by atoms with Gasteiger partial charge >= 0.3 is 11.9 Å². The van der Waals surface area contributed by atoms with Crippen molar-refractivity contribution in [3.05, 3.63) is 83.9 Å². The summed E-state index contributed by atoms with van der Waals surface area (Å²) in [6.07, 6.45) is 0. The molecule has 0 spiro atoms. The maximum absolute atomic E-state index is 11.7. The van der Waals surface area contributed by atoms with Crippen LogP contribution in [0.3, 0.4) is 0 Å². The zero-order valence-corrected chi connectivity index (χ0v) is 16.1. The largest absolute Gasteiger partial charge is 0.478 e. The molecule has 4 aromatic carbocycles. The molecule has 0 saturated heterocycles. The Kier molecular flexibility index (Phi) is 4.98. The second-order valence-electron chi connectivity index (χ2n) is 6.10. The Morgan fingerprint density at radius 3 is 1.36 bits per heavy atom. The predicted octanol–water partition coefficient (Wildman–Crippen LogP) is 6.19. The molecule has 28 heavy (non-hydrogen) atoms. The van der Waals surface area contributed by atoms with Crippen LogP contribution in [0.25, 0.3) is 21.5 Å². The summed E-state index contributed by atoms with van der Waals surface area (Å²) in [6.45, 7) is 0. The lowest BCUT2D eigenvalue weighted by Gasteiger charge is -2.12. The van der Waals surface area contributed by atoms with E-state index in [4.69, 9.17) is 0 Å². The summed E-state index contributed by atoms with van der Waals surface area (Å²) in [5.74, 6) is -2.02. The standard InChI is InChI=1S/C22H14O4S2/c23-21(24)17-11-9-13-5-1-3-7-15(13)19(17)27-28-20-16-8-4-2-6-14(16)10-12-18(20)22(25)26/h1-12H,(H,23,24)(H,25,26). The van der Waals surface area contributed by atoms with Crippen molar-refractivity contribution in [2.24, 2.45) is 0 Å². The second kappa shape index (κ2) is 7.58. The van der Waals surface area contributed by atoms with Crippen LogP contribution in [0.1, 0.15) is 20.7 Å². The van der Waals surface area contributed by atoms with E-state index in [2.05, 4.69) is 0 Å². The number of fused-ring (bicyclic) bond motifs is 2. The van der Waals surface area contributed by atoms with Gasteiger partial charge in [0.25, 0.3) is 0 Å². The van der Waals surface area contributed by atoms with E-state index in [0.29, 0.717) is 9.79 Å². The van der Waals surface area contributed by atoms with Crippen molar-refractivity contribution < 1.29 is 19.8 Å². The number of hydrogen-bond donors (Lipinski definition) is 2. The van der Waals surface area contributed by atoms with Crippen LogP contribution in [0.2, 0.25) is 0 Å². The summed E-state index contributed by atoms with van der Waals surface area (Å²) in [6, 6.07) is 21.9. The quantitative estimate of drug-likeness (QED) is 0.385. The fourth-order valence-electron chi connectivity index (χ4n) is 3.09. The Morgan fingerprint density at radius 2 is 0.964 bits per heavy atom. The van der Waals surface area contributed by atoms with Gasteiger partial charge in [0.2, 0.25) is 0 Å². The molecule has 0 aliphatic carbocycles. The average molecular weight is 406 g/mol. The minimum absolute atomic E-state index is 0.202. The van der Waals surface area contributed by atoms with Crippen LogP contribution in [0.5, 0.6) is 0 Å². The van der Waals surface area contributed by atoms with Crippen LogP contribution in [-0.2, 0) is 0 Å². The van der Waals surface area contributed by atoms with Gasteiger partial charge in [0.15, 0.2) is 0 Å². The first kappa shape index (κ1) is 18.4. The maximum atomic E-state index is 11.7. The summed E-state index contributed by atoms with van der Waals surface area (Å²) >= 11 is 0. The van der Waals surface area contributed by atoms with Crippen molar-refractivity contribution in [3.8, 4) is 0 Å². The molecule has 0 atom stereocenters. The Hall–Kier alpha value is -2.96. The fraction of sp³-hybridized carbons (Fsp3) is 0. The molecule has 0 aliphatic heterocycles. The van der Waals surface area contributed by atoms with Crippen molar-refractivity contribution in [2.45, 2.75) is 9.79 Å². The van der Waals surface area contributed by atoms with Crippen LogP contribution in [0.15, 0.2) is 82.6 Å². The number of hydrogen-bond acceptors (Lipinski definition) is 4. The highest BCUT2D eigenvalue weighted by molar-refractivity contribution is 8.76. The average Bonchev–Trinajstić information content (AvgIpc) is 2.71. The van der Waals surface area contributed by atoms with Gasteiger partial charge in [-0.15, -0.1) is 0 Å². The Bertz CT molecular complexity index is 1140. The minimum atomic E-state index is -1.01. The third-order valence-corrected chi connectivity index (χ3v) is 6.97. The lowest BCUT2D eigenvalue weighted by Crippen LogP contribution is -2.00. The van der Waals surface area contributed by atoms with Gasteiger partial charge in [0, 0.05) is 9.79 Å². The van der Waals surface area contributed by atoms with E-state index in [0.717, 1.165) is 21.5 Å². The van der Waals surface area contributed by atoms with E-state index in [1.54, 1.807) is 24.3 Å². The van der Waals surface area contributed by atoms with Crippen molar-refractivity contribution in [1.29, 1.82) is 0 Å². The molecule has 2 N–H and O–H groups in total. The number of rotatable bonds is 5. The molecule has 0 amide bonds. The SMILES string of the molecule is O=C(O)c1ccc2ccccc2c1SSc1c(C(=O)O)ccc2ccccc12. The molecule has 4 nitrogen and oxygen atoms in total. The van der Waals surface area contributed by atoms with Crippen LogP contribution >= 0.6 is 21.6 Å². The third kappa shape index (κ3) is 3.32. The Morgan fingerprint density at radius 1 is 0.571 bits per heavy atom. The second-order valence-corrected chi connectivity index (χ2v) is 8.25. The highest BCUT2D eigenvalue weighted by atomic mass is 33.1. The van der Waals surface area contributed by atoms with E-state index in [1.165, 1.54) is 21.6 Å². The highest BCUT2D eigenvalue weighted by Crippen LogP contribution is 2.46. The third-order valence-electron chi connectivity index (χ3n) is 4.43. The van der Waals surface area contributed by atoms with E-state index in [1.807, 2.05) is 48.5 Å². The highest BCUT2D eigenvalue weighted by Gasteiger charge is 2.18. The zero-order valence-electron chi connectivity index (χ0n) is 14.5. The molecular weight excluding hydrogens is 392 g/mol. The normalized spacial score (nSPS) is 11.0. The molecule has 0 unspecified atom stereocenters. The molecule has 138 valence electrons. The number of aromatic carboxylic acids is 2. The number of benzene rings is 4. The molecule has 0 saturated carbocycles. The van der Waals surface area contributed by atoms with E-state index in [9.17, 15) is 19.8 Å². The summed E-state index contributed by atoms with van der Waals surface area (Å²) in [5.41, 5.74) is 0.404. The molecule has 6 heteroatoms. The van der Waals surface area contributed by atoms with E-state index >= 15 is 0 Å². The van der Waals surface area contributed by atoms with Crippen molar-refractivity contribution in [3.63, 3.8) is 0 Å². The van der Waals surface area contributed by atoms with E-state index < -0.39 is 11.9 Å². The number of carboxylic acid groups (broad SMARTS) is 2. The molecule has 0 bridgehead atoms. The van der Waals surface area contributed by atoms with Gasteiger partial charge < -0.3 is 10.2 Å². The van der Waals surface area contributed by atoms with Gasteiger partial charge in [0.1, 0.15) is 0 Å².